The molecule has 3 N–H and O–H groups in total. The summed E-state index contributed by atoms with van der Waals surface area (Å²) >= 11 is 0. The van der Waals surface area contributed by atoms with E-state index in [0.717, 1.165) is 45.8 Å². The van der Waals surface area contributed by atoms with Crippen molar-refractivity contribution in [1.82, 2.24) is 20.3 Å². The summed E-state index contributed by atoms with van der Waals surface area (Å²) in [5, 5.41) is 9.27. The number of hydrogen-bond donors (Lipinski definition) is 3. The fraction of sp³-hybridized carbons (Fsp3) is 0.467. The van der Waals surface area contributed by atoms with Crippen molar-refractivity contribution >= 4 is 27.4 Å². The van der Waals surface area contributed by atoms with Crippen LogP contribution in [0.1, 0.15) is 68.3 Å². The van der Waals surface area contributed by atoms with Gasteiger partial charge in [0.15, 0.2) is 0 Å². The second-order valence-electron chi connectivity index (χ2n) is 11.6. The summed E-state index contributed by atoms with van der Waals surface area (Å²) in [5.41, 5.74) is 5.26. The molecule has 1 saturated heterocycles. The predicted molar refractivity (Wildman–Crippen MR) is 154 cm³/mol. The minimum atomic E-state index is -3.94. The van der Waals surface area contributed by atoms with E-state index in [1.54, 1.807) is 12.1 Å². The van der Waals surface area contributed by atoms with Gasteiger partial charge < -0.3 is 16.0 Å². The number of amides is 2. The lowest BCUT2D eigenvalue weighted by atomic mass is 9.85. The van der Waals surface area contributed by atoms with Crippen LogP contribution in [0.15, 0.2) is 53.9 Å². The van der Waals surface area contributed by atoms with Gasteiger partial charge in [0, 0.05) is 25.2 Å². The number of rotatable bonds is 8. The molecule has 2 aromatic carbocycles. The van der Waals surface area contributed by atoms with Gasteiger partial charge in [0.1, 0.15) is 6.04 Å². The molecule has 0 radical (unpaired) electrons. The lowest BCUT2D eigenvalue weighted by molar-refractivity contribution is -0.132. The Bertz CT molecular complexity index is 1350. The van der Waals surface area contributed by atoms with Gasteiger partial charge in [-0.05, 0) is 81.4 Å². The molecule has 210 valence electrons. The first-order valence-electron chi connectivity index (χ1n) is 13.6. The number of hydrogen-bond acceptors (Lipinski definition) is 5. The molecule has 39 heavy (non-hydrogen) atoms. The van der Waals surface area contributed by atoms with Crippen LogP contribution < -0.4 is 16.0 Å². The van der Waals surface area contributed by atoms with Gasteiger partial charge in [-0.3, -0.25) is 9.59 Å². The molecule has 9 heteroatoms. The van der Waals surface area contributed by atoms with Crippen molar-refractivity contribution in [3.63, 3.8) is 0 Å². The van der Waals surface area contributed by atoms with Crippen LogP contribution in [0.4, 0.5) is 0 Å². The average Bonchev–Trinajstić information content (AvgIpc) is 2.88. The maximum atomic E-state index is 13.4. The number of nitrogens with one attached hydrogen (secondary N) is 3. The van der Waals surface area contributed by atoms with Crippen molar-refractivity contribution in [1.29, 1.82) is 0 Å². The van der Waals surface area contributed by atoms with Gasteiger partial charge in [-0.15, -0.1) is 0 Å². The second kappa shape index (κ2) is 11.6. The van der Waals surface area contributed by atoms with Gasteiger partial charge in [-0.25, -0.2) is 8.42 Å². The molecule has 2 amide bonds. The summed E-state index contributed by atoms with van der Waals surface area (Å²) < 4.78 is 27.9. The van der Waals surface area contributed by atoms with E-state index in [-0.39, 0.29) is 41.9 Å². The minimum Gasteiger partial charge on any atom is -0.353 e. The van der Waals surface area contributed by atoms with Crippen molar-refractivity contribution in [3.05, 3.63) is 71.3 Å². The fourth-order valence-electron chi connectivity index (χ4n) is 5.11. The minimum absolute atomic E-state index is 0.00317. The first-order valence-corrected chi connectivity index (χ1v) is 15.0. The standard InChI is InChI=1S/C30H40N4O4S/c1-20-9-12-24(13-10-20)39(37,38)34-16-15-31-29(36)27(34)18-28(35)33-26-8-6-7-23-17-22(11-14-25(23)26)21(2)19-32-30(3,4)5/h9-14,17,26-27,32H,2,6-8,15-16,18-19H2,1,3-5H3,(H,31,36)(H,33,35)/t26-,27-/m1/s1. The molecule has 8 nitrogen and oxygen atoms in total. The van der Waals surface area contributed by atoms with Gasteiger partial charge >= 0.3 is 0 Å². The highest BCUT2D eigenvalue weighted by molar-refractivity contribution is 7.89. The van der Waals surface area contributed by atoms with Gasteiger partial charge in [0.05, 0.1) is 17.4 Å². The van der Waals surface area contributed by atoms with Crippen LogP contribution in [0.5, 0.6) is 0 Å². The Morgan fingerprint density at radius 2 is 1.87 bits per heavy atom. The predicted octanol–water partition coefficient (Wildman–Crippen LogP) is 3.47. The average molecular weight is 553 g/mol. The highest BCUT2D eigenvalue weighted by Gasteiger charge is 2.40. The molecular weight excluding hydrogens is 512 g/mol. The van der Waals surface area contributed by atoms with E-state index < -0.39 is 22.0 Å². The van der Waals surface area contributed by atoms with Crippen molar-refractivity contribution in [2.24, 2.45) is 0 Å². The van der Waals surface area contributed by atoms with Gasteiger partial charge in [0.2, 0.25) is 21.8 Å². The van der Waals surface area contributed by atoms with Crippen molar-refractivity contribution in [2.45, 2.75) is 75.9 Å². The van der Waals surface area contributed by atoms with Crippen LogP contribution in [0.25, 0.3) is 5.57 Å². The fourth-order valence-corrected chi connectivity index (χ4v) is 6.70. The maximum absolute atomic E-state index is 13.4. The van der Waals surface area contributed by atoms with E-state index >= 15 is 0 Å². The zero-order chi connectivity index (χ0) is 28.4. The lowest BCUT2D eigenvalue weighted by Gasteiger charge is -2.34. The summed E-state index contributed by atoms with van der Waals surface area (Å²) in [7, 11) is -3.94. The molecule has 2 aromatic rings. The number of piperazine rings is 1. The summed E-state index contributed by atoms with van der Waals surface area (Å²) in [4.78, 5) is 26.1. The SMILES string of the molecule is C=C(CNC(C)(C)C)c1ccc2c(c1)CCC[C@H]2NC(=O)C[C@@H]1C(=O)NCCN1S(=O)(=O)c1ccc(C)cc1. The van der Waals surface area contributed by atoms with Crippen LogP contribution in [0.3, 0.4) is 0 Å². The quantitative estimate of drug-likeness (QED) is 0.465. The Morgan fingerprint density at radius 1 is 1.15 bits per heavy atom. The third-order valence-corrected chi connectivity index (χ3v) is 9.24. The van der Waals surface area contributed by atoms with Crippen LogP contribution in [-0.2, 0) is 26.0 Å². The summed E-state index contributed by atoms with van der Waals surface area (Å²) in [6.45, 7) is 13.5. The van der Waals surface area contributed by atoms with E-state index in [9.17, 15) is 18.0 Å². The third kappa shape index (κ3) is 6.96. The summed E-state index contributed by atoms with van der Waals surface area (Å²) in [6.07, 6.45) is 2.39. The van der Waals surface area contributed by atoms with Crippen LogP contribution in [0.2, 0.25) is 0 Å². The number of sulfonamides is 1. The molecule has 0 bridgehead atoms. The smallest absolute Gasteiger partial charge is 0.243 e. The number of carbonyl (C=O) groups excluding carboxylic acids is 2. The molecule has 1 heterocycles. The van der Waals surface area contributed by atoms with Crippen molar-refractivity contribution in [2.75, 3.05) is 19.6 Å². The molecule has 1 fully saturated rings. The lowest BCUT2D eigenvalue weighted by Crippen LogP contribution is -2.58. The largest absolute Gasteiger partial charge is 0.353 e. The van der Waals surface area contributed by atoms with Crippen LogP contribution >= 0.6 is 0 Å². The Balaban J connectivity index is 1.47. The molecule has 0 saturated carbocycles. The molecule has 0 spiro atoms. The summed E-state index contributed by atoms with van der Waals surface area (Å²) in [6, 6.07) is 11.5. The molecule has 1 aliphatic carbocycles. The maximum Gasteiger partial charge on any atom is 0.243 e. The number of benzene rings is 2. The number of carbonyl (C=O) groups is 2. The van der Waals surface area contributed by atoms with E-state index in [1.165, 1.54) is 17.7 Å². The molecule has 0 aromatic heterocycles. The molecule has 4 rings (SSSR count). The highest BCUT2D eigenvalue weighted by Crippen LogP contribution is 2.32. The molecule has 0 unspecified atom stereocenters. The second-order valence-corrected chi connectivity index (χ2v) is 13.5. The highest BCUT2D eigenvalue weighted by atomic mass is 32.2. The first kappa shape index (κ1) is 29.0. The molecule has 1 aliphatic heterocycles. The van der Waals surface area contributed by atoms with E-state index in [4.69, 9.17) is 0 Å². The van der Waals surface area contributed by atoms with Gasteiger partial charge in [0.25, 0.3) is 0 Å². The Morgan fingerprint density at radius 3 is 2.56 bits per heavy atom. The van der Waals surface area contributed by atoms with E-state index in [2.05, 4.69) is 55.4 Å². The normalized spacial score (nSPS) is 20.2. The van der Waals surface area contributed by atoms with E-state index in [1.807, 2.05) is 13.0 Å². The molecular formula is C30H40N4O4S. The number of fused-ring (bicyclic) bond motifs is 1. The Labute approximate surface area is 232 Å². The van der Waals surface area contributed by atoms with Crippen molar-refractivity contribution in [3.8, 4) is 0 Å². The topological polar surface area (TPSA) is 108 Å². The van der Waals surface area contributed by atoms with Gasteiger partial charge in [-0.1, -0.05) is 42.5 Å². The van der Waals surface area contributed by atoms with E-state index in [0.29, 0.717) is 6.54 Å². The molecule has 2 aliphatic rings. The Kier molecular flexibility index (Phi) is 8.63. The van der Waals surface area contributed by atoms with Crippen LogP contribution in [-0.4, -0.2) is 55.8 Å². The first-order chi connectivity index (χ1) is 18.3. The van der Waals surface area contributed by atoms with Crippen molar-refractivity contribution < 1.29 is 18.0 Å². The third-order valence-electron chi connectivity index (χ3n) is 7.32. The molecule has 2 atom stereocenters. The monoisotopic (exact) mass is 552 g/mol. The van der Waals surface area contributed by atoms with Crippen LogP contribution in [0, 0.1) is 6.92 Å². The summed E-state index contributed by atoms with van der Waals surface area (Å²) in [5.74, 6) is -0.801. The Hall–Kier alpha value is -3.01. The zero-order valence-corrected chi connectivity index (χ0v) is 24.2. The zero-order valence-electron chi connectivity index (χ0n) is 23.3. The van der Waals surface area contributed by atoms with Gasteiger partial charge in [-0.2, -0.15) is 4.31 Å². The number of nitrogens with zero attached hydrogens (tertiary/aromatic N) is 1. The number of aryl methyl sites for hydroxylation is 2.